The van der Waals surface area contributed by atoms with Crippen LogP contribution in [0.15, 0.2) is 0 Å². The Hall–Kier alpha value is 0.0238. The highest BCUT2D eigenvalue weighted by Crippen LogP contribution is 2.68. The molecule has 0 aromatic rings. The van der Waals surface area contributed by atoms with Crippen molar-refractivity contribution in [2.24, 2.45) is 40.4 Å². The zero-order chi connectivity index (χ0) is 27.9. The van der Waals surface area contributed by atoms with Crippen LogP contribution in [-0.2, 0) is 13.6 Å². The van der Waals surface area contributed by atoms with E-state index in [1.165, 1.54) is 81.2 Å². The maximum atomic E-state index is 13.0. The normalized spacial score (nSPS) is 41.3. The van der Waals surface area contributed by atoms with Gasteiger partial charge in [-0.3, -0.25) is 4.79 Å². The fraction of sp³-hybridized carbons (Fsp3) is 0.970. The number of Topliss-reactive ketones (excluding diaryl/α,β-unsaturated/α-hetero) is 1. The zero-order valence-electron chi connectivity index (χ0n) is 26.7. The van der Waals surface area contributed by atoms with Gasteiger partial charge in [0.2, 0.25) is 0 Å². The number of ketones is 1. The second-order valence-corrected chi connectivity index (χ2v) is 24.1. The molecular weight excluding hydrogens is 501 g/mol. The van der Waals surface area contributed by atoms with Crippen molar-refractivity contribution in [3.63, 3.8) is 0 Å². The van der Waals surface area contributed by atoms with Crippen LogP contribution < -0.4 is 0 Å². The molecule has 4 saturated carbocycles. The summed E-state index contributed by atoms with van der Waals surface area (Å²) in [6, 6.07) is 7.39. The summed E-state index contributed by atoms with van der Waals surface area (Å²) in [6.07, 6.45) is 10.9. The summed E-state index contributed by atoms with van der Waals surface area (Å²) in [7, 11) is -3.34. The molecule has 4 aliphatic rings. The second-order valence-electron chi connectivity index (χ2n) is 14.6. The summed E-state index contributed by atoms with van der Waals surface area (Å²) in [5.41, 5.74) is 0.437. The van der Waals surface area contributed by atoms with Crippen molar-refractivity contribution in [1.29, 1.82) is 0 Å². The Morgan fingerprint density at radius 2 is 1.32 bits per heavy atom. The van der Waals surface area contributed by atoms with E-state index in [9.17, 15) is 4.79 Å². The predicted molar refractivity (Wildman–Crippen MR) is 165 cm³/mol. The van der Waals surface area contributed by atoms with Crippen LogP contribution in [0.5, 0.6) is 0 Å². The molecule has 0 aromatic heterocycles. The van der Waals surface area contributed by atoms with E-state index in [1.807, 2.05) is 6.92 Å². The average Bonchev–Trinajstić information content (AvgIpc) is 3.29. The first-order valence-corrected chi connectivity index (χ1v) is 21.9. The highest BCUT2D eigenvalue weighted by molar-refractivity contribution is 6.74. The molecule has 4 fully saturated rings. The number of carbonyl (C=O) groups excluding carboxylic acids is 1. The molecule has 0 heterocycles. The molecule has 0 saturated heterocycles. The third-order valence-corrected chi connectivity index (χ3v) is 23.2. The summed E-state index contributed by atoms with van der Waals surface area (Å²) in [5, 5.41) is 0. The summed E-state index contributed by atoms with van der Waals surface area (Å²) < 4.78 is 14.6. The van der Waals surface area contributed by atoms with Crippen LogP contribution in [0, 0.1) is 40.4 Å². The van der Waals surface area contributed by atoms with Crippen LogP contribution in [0.1, 0.15) is 114 Å². The average molecular weight is 563 g/mol. The Bertz CT molecular complexity index is 807. The third-order valence-electron chi connectivity index (χ3n) is 13.9. The molecule has 4 rings (SSSR count). The lowest BCUT2D eigenvalue weighted by atomic mass is 9.44. The van der Waals surface area contributed by atoms with Gasteiger partial charge in [0, 0.05) is 17.4 Å². The highest BCUT2D eigenvalue weighted by atomic mass is 28.4. The first kappa shape index (κ1) is 31.0. The van der Waals surface area contributed by atoms with Crippen molar-refractivity contribution in [1.82, 2.24) is 0 Å². The van der Waals surface area contributed by atoms with Gasteiger partial charge in [-0.15, -0.1) is 0 Å². The van der Waals surface area contributed by atoms with Gasteiger partial charge in [-0.05, 0) is 124 Å². The number of hydrogen-bond donors (Lipinski definition) is 0. The number of carbonyl (C=O) groups is 1. The summed E-state index contributed by atoms with van der Waals surface area (Å²) in [5.74, 6) is 3.59. The summed E-state index contributed by atoms with van der Waals surface area (Å²) >= 11 is 0. The Labute approximate surface area is 238 Å². The molecule has 220 valence electrons. The molecule has 3 nitrogen and oxygen atoms in total. The SMILES string of the molecule is CC[Si](CC)(CC)O[C@H]1CC[C@@]2(C)[C@@H](CC[C@@H]3[C@@H]2C[C@@H](O[Si](CC)(CC)CC)[C@]2(C)[C@@H](C(C)=O)CC[C@@H]32)C1. The van der Waals surface area contributed by atoms with E-state index in [-0.39, 0.29) is 17.4 Å². The Kier molecular flexibility index (Phi) is 9.55. The van der Waals surface area contributed by atoms with Crippen molar-refractivity contribution in [2.75, 3.05) is 0 Å². The third kappa shape index (κ3) is 5.00. The van der Waals surface area contributed by atoms with Gasteiger partial charge in [-0.2, -0.15) is 0 Å². The molecule has 0 unspecified atom stereocenters. The van der Waals surface area contributed by atoms with Gasteiger partial charge in [0.15, 0.2) is 16.6 Å². The molecule has 0 aromatic carbocycles. The molecule has 0 aliphatic heterocycles. The molecule has 0 spiro atoms. The predicted octanol–water partition coefficient (Wildman–Crippen LogP) is 9.62. The molecule has 38 heavy (non-hydrogen) atoms. The molecule has 0 bridgehead atoms. The number of rotatable bonds is 11. The minimum atomic E-state index is -1.78. The maximum absolute atomic E-state index is 13.0. The van der Waals surface area contributed by atoms with Gasteiger partial charge in [0.05, 0.1) is 6.10 Å². The Morgan fingerprint density at radius 3 is 1.87 bits per heavy atom. The van der Waals surface area contributed by atoms with Gasteiger partial charge < -0.3 is 8.85 Å². The first-order chi connectivity index (χ1) is 18.0. The van der Waals surface area contributed by atoms with E-state index in [1.54, 1.807) is 0 Å². The van der Waals surface area contributed by atoms with Gasteiger partial charge in [-0.25, -0.2) is 0 Å². The molecule has 5 heteroatoms. The van der Waals surface area contributed by atoms with Gasteiger partial charge >= 0.3 is 0 Å². The fourth-order valence-corrected chi connectivity index (χ4v) is 16.6. The van der Waals surface area contributed by atoms with Crippen LogP contribution in [0.25, 0.3) is 0 Å². The van der Waals surface area contributed by atoms with E-state index in [0.717, 1.165) is 24.2 Å². The van der Waals surface area contributed by atoms with Crippen LogP contribution in [0.3, 0.4) is 0 Å². The monoisotopic (exact) mass is 562 g/mol. The van der Waals surface area contributed by atoms with Crippen LogP contribution in [0.2, 0.25) is 36.3 Å². The lowest BCUT2D eigenvalue weighted by Gasteiger charge is -2.63. The number of fused-ring (bicyclic) bond motifs is 5. The van der Waals surface area contributed by atoms with Crippen LogP contribution in [-0.4, -0.2) is 34.6 Å². The second kappa shape index (κ2) is 11.7. The van der Waals surface area contributed by atoms with E-state index in [2.05, 4.69) is 55.4 Å². The lowest BCUT2D eigenvalue weighted by Crippen LogP contribution is -2.61. The van der Waals surface area contributed by atoms with E-state index < -0.39 is 16.6 Å². The zero-order valence-corrected chi connectivity index (χ0v) is 28.7. The van der Waals surface area contributed by atoms with Gasteiger partial charge in [-0.1, -0.05) is 55.4 Å². The maximum Gasteiger partial charge on any atom is 0.192 e. The standard InChI is InChI=1S/C33H62O3Si2/c1-10-37(11-2,12-3)35-26-20-21-32(8)25(22-26)16-17-27-29-19-18-28(24(7)34)33(29,9)31(23-30(27)32)36-38(13-4,14-5)15-6/h25-31H,10-23H2,1-9H3/t25-,26-,27-,28+,29-,30-,31+,32-,33+/m0/s1. The summed E-state index contributed by atoms with van der Waals surface area (Å²) in [6.45, 7) is 21.3. The van der Waals surface area contributed by atoms with Crippen LogP contribution in [0.4, 0.5) is 0 Å². The quantitative estimate of drug-likeness (QED) is 0.235. The molecule has 0 amide bonds. The van der Waals surface area contributed by atoms with E-state index in [4.69, 9.17) is 8.85 Å². The topological polar surface area (TPSA) is 35.5 Å². The molecular formula is C33H62O3Si2. The van der Waals surface area contributed by atoms with Crippen molar-refractivity contribution < 1.29 is 13.6 Å². The lowest BCUT2D eigenvalue weighted by molar-refractivity contribution is -0.169. The van der Waals surface area contributed by atoms with Crippen molar-refractivity contribution in [3.8, 4) is 0 Å². The minimum absolute atomic E-state index is 0.0306. The van der Waals surface area contributed by atoms with Gasteiger partial charge in [0.25, 0.3) is 0 Å². The Balaban J connectivity index is 1.63. The van der Waals surface area contributed by atoms with Crippen molar-refractivity contribution in [3.05, 3.63) is 0 Å². The van der Waals surface area contributed by atoms with Crippen molar-refractivity contribution in [2.45, 2.75) is 162 Å². The molecule has 4 aliphatic carbocycles. The molecule has 0 radical (unpaired) electrons. The largest absolute Gasteiger partial charge is 0.414 e. The van der Waals surface area contributed by atoms with E-state index >= 15 is 0 Å². The Morgan fingerprint density at radius 1 is 0.737 bits per heavy atom. The van der Waals surface area contributed by atoms with Crippen LogP contribution >= 0.6 is 0 Å². The molecule has 9 atom stereocenters. The van der Waals surface area contributed by atoms with E-state index in [0.29, 0.717) is 23.2 Å². The van der Waals surface area contributed by atoms with Crippen molar-refractivity contribution >= 4 is 22.4 Å². The van der Waals surface area contributed by atoms with Gasteiger partial charge in [0.1, 0.15) is 5.78 Å². The highest BCUT2D eigenvalue weighted by Gasteiger charge is 2.65. The fourth-order valence-electron chi connectivity index (χ4n) is 10.8. The smallest absolute Gasteiger partial charge is 0.192 e. The molecule has 0 N–H and O–H groups in total. The number of hydrogen-bond acceptors (Lipinski definition) is 3. The minimum Gasteiger partial charge on any atom is -0.414 e. The summed E-state index contributed by atoms with van der Waals surface area (Å²) in [4.78, 5) is 13.0. The first-order valence-electron chi connectivity index (χ1n) is 16.9.